The minimum atomic E-state index is -0.983. The summed E-state index contributed by atoms with van der Waals surface area (Å²) in [5.41, 5.74) is 1.35. The molecule has 0 saturated heterocycles. The predicted octanol–water partition coefficient (Wildman–Crippen LogP) is 4.82. The van der Waals surface area contributed by atoms with E-state index in [9.17, 15) is 19.8 Å². The molecule has 0 spiro atoms. The van der Waals surface area contributed by atoms with Gasteiger partial charge in [-0.1, -0.05) is 66.7 Å². The van der Waals surface area contributed by atoms with Crippen LogP contribution >= 0.6 is 0 Å². The van der Waals surface area contributed by atoms with Gasteiger partial charge in [0.2, 0.25) is 0 Å². The number of benzene rings is 3. The number of aliphatic hydroxyl groups is 1. The fraction of sp³-hybridized carbons (Fsp3) is 0.107. The predicted molar refractivity (Wildman–Crippen MR) is 130 cm³/mol. The van der Waals surface area contributed by atoms with Crippen LogP contribution in [0.5, 0.6) is 5.75 Å². The Morgan fingerprint density at radius 2 is 1.49 bits per heavy atom. The molecule has 35 heavy (non-hydrogen) atoms. The number of aliphatic carboxylic acids is 1. The zero-order chi connectivity index (χ0) is 25.1. The summed E-state index contributed by atoms with van der Waals surface area (Å²) in [7, 11) is 0. The monoisotopic (exact) mass is 470 g/mol. The first-order valence-corrected chi connectivity index (χ1v) is 10.8. The zero-order valence-corrected chi connectivity index (χ0v) is 18.8. The number of hydrogen-bond donors (Lipinski definition) is 3. The highest BCUT2D eigenvalue weighted by Crippen LogP contribution is 2.43. The third-order valence-corrected chi connectivity index (χ3v) is 5.71. The van der Waals surface area contributed by atoms with E-state index in [1.165, 1.54) is 0 Å². The molecule has 7 heteroatoms. The Morgan fingerprint density at radius 3 is 2.20 bits per heavy atom. The number of aliphatic hydroxyl groups excluding tert-OH is 1. The summed E-state index contributed by atoms with van der Waals surface area (Å²) in [6.45, 7) is 1.08. The van der Waals surface area contributed by atoms with Crippen molar-refractivity contribution in [2.75, 3.05) is 0 Å². The van der Waals surface area contributed by atoms with Crippen molar-refractivity contribution >= 4 is 28.5 Å². The standard InChI is InChI=1S/C26H18O5.C2H4O2/c27-19-14-16-10-4-5-11-17(16)24(28)22(19)21(15-8-2-1-3-9-15)23-25(29)18-12-6-7-13-20(18)31-26(23)30;1-2(3)4/h1-13,21,28-29H,14H2;1H3,(H,3,4). The third kappa shape index (κ3) is 4.56. The molecule has 0 radical (unpaired) electrons. The number of allylic oxidation sites excluding steroid dienone is 1. The van der Waals surface area contributed by atoms with Crippen LogP contribution in [0.15, 0.2) is 93.6 Å². The molecular formula is C28H22O7. The molecule has 1 unspecified atom stereocenters. The van der Waals surface area contributed by atoms with Crippen molar-refractivity contribution in [3.05, 3.63) is 117 Å². The largest absolute Gasteiger partial charge is 0.507 e. The average molecular weight is 470 g/mol. The molecule has 0 aliphatic heterocycles. The topological polar surface area (TPSA) is 125 Å². The Bertz CT molecular complexity index is 1510. The van der Waals surface area contributed by atoms with E-state index in [-0.39, 0.29) is 40.4 Å². The number of carbonyl (C=O) groups excluding carboxylic acids is 1. The van der Waals surface area contributed by atoms with Crippen LogP contribution < -0.4 is 5.63 Å². The van der Waals surface area contributed by atoms with Crippen LogP contribution in [0.4, 0.5) is 0 Å². The molecule has 1 heterocycles. The first-order chi connectivity index (χ1) is 16.8. The molecule has 4 aromatic rings. The fourth-order valence-electron chi connectivity index (χ4n) is 4.27. The number of para-hydroxylation sites is 1. The van der Waals surface area contributed by atoms with Crippen LogP contribution in [0, 0.1) is 0 Å². The van der Waals surface area contributed by atoms with Gasteiger partial charge in [-0.05, 0) is 23.3 Å². The lowest BCUT2D eigenvalue weighted by Gasteiger charge is -2.26. The van der Waals surface area contributed by atoms with Gasteiger partial charge in [-0.25, -0.2) is 4.79 Å². The van der Waals surface area contributed by atoms with Gasteiger partial charge in [0.05, 0.1) is 22.4 Å². The molecule has 1 aliphatic carbocycles. The van der Waals surface area contributed by atoms with Crippen LogP contribution in [-0.2, 0) is 16.0 Å². The van der Waals surface area contributed by atoms with E-state index in [0.717, 1.165) is 12.5 Å². The zero-order valence-electron chi connectivity index (χ0n) is 18.8. The van der Waals surface area contributed by atoms with Gasteiger partial charge >= 0.3 is 5.63 Å². The summed E-state index contributed by atoms with van der Waals surface area (Å²) in [6.07, 6.45) is 0.0958. The Kier molecular flexibility index (Phi) is 6.51. The summed E-state index contributed by atoms with van der Waals surface area (Å²) < 4.78 is 5.48. The van der Waals surface area contributed by atoms with Gasteiger partial charge in [-0.3, -0.25) is 9.59 Å². The van der Waals surface area contributed by atoms with Gasteiger partial charge in [0, 0.05) is 18.9 Å². The molecule has 0 fully saturated rings. The minimum Gasteiger partial charge on any atom is -0.507 e. The van der Waals surface area contributed by atoms with Crippen LogP contribution in [0.3, 0.4) is 0 Å². The molecule has 1 aromatic heterocycles. The first kappa shape index (κ1) is 23.5. The lowest BCUT2D eigenvalue weighted by atomic mass is 9.77. The Hall–Kier alpha value is -4.65. The lowest BCUT2D eigenvalue weighted by Crippen LogP contribution is -2.25. The van der Waals surface area contributed by atoms with Gasteiger partial charge in [-0.2, -0.15) is 0 Å². The summed E-state index contributed by atoms with van der Waals surface area (Å²) >= 11 is 0. The summed E-state index contributed by atoms with van der Waals surface area (Å²) in [4.78, 5) is 35.2. The number of rotatable bonds is 3. The van der Waals surface area contributed by atoms with Crippen LogP contribution in [0.2, 0.25) is 0 Å². The number of carboxylic acid groups (broad SMARTS) is 1. The van der Waals surface area contributed by atoms with Crippen molar-refractivity contribution in [1.29, 1.82) is 0 Å². The number of carboxylic acids is 1. The van der Waals surface area contributed by atoms with Crippen molar-refractivity contribution in [3.63, 3.8) is 0 Å². The second-order valence-corrected chi connectivity index (χ2v) is 8.03. The average Bonchev–Trinajstić information content (AvgIpc) is 2.83. The van der Waals surface area contributed by atoms with Crippen molar-refractivity contribution in [2.45, 2.75) is 19.3 Å². The minimum absolute atomic E-state index is 0.0702. The fourth-order valence-corrected chi connectivity index (χ4v) is 4.27. The number of hydrogen-bond acceptors (Lipinski definition) is 6. The van der Waals surface area contributed by atoms with E-state index in [1.807, 2.05) is 12.1 Å². The van der Waals surface area contributed by atoms with Gasteiger partial charge in [0.15, 0.2) is 5.78 Å². The van der Waals surface area contributed by atoms with Crippen LogP contribution in [-0.4, -0.2) is 27.1 Å². The second kappa shape index (κ2) is 9.69. The van der Waals surface area contributed by atoms with E-state index in [0.29, 0.717) is 16.5 Å². The van der Waals surface area contributed by atoms with E-state index in [1.54, 1.807) is 66.7 Å². The normalized spacial score (nSPS) is 13.6. The summed E-state index contributed by atoms with van der Waals surface area (Å²) in [5.74, 6) is -2.57. The smallest absolute Gasteiger partial charge is 0.344 e. The van der Waals surface area contributed by atoms with Gasteiger partial charge in [0.25, 0.3) is 5.97 Å². The number of carbonyl (C=O) groups is 2. The Balaban J connectivity index is 0.000000672. The van der Waals surface area contributed by atoms with Crippen LogP contribution in [0.25, 0.3) is 16.7 Å². The van der Waals surface area contributed by atoms with Crippen molar-refractivity contribution < 1.29 is 29.3 Å². The van der Waals surface area contributed by atoms with Gasteiger partial charge in [0.1, 0.15) is 17.1 Å². The molecule has 0 amide bonds. The maximum absolute atomic E-state index is 13.2. The molecule has 176 valence electrons. The third-order valence-electron chi connectivity index (χ3n) is 5.71. The van der Waals surface area contributed by atoms with E-state index < -0.39 is 17.5 Å². The maximum atomic E-state index is 13.2. The Morgan fingerprint density at radius 1 is 0.886 bits per heavy atom. The lowest BCUT2D eigenvalue weighted by molar-refractivity contribution is -0.134. The van der Waals surface area contributed by atoms with E-state index >= 15 is 0 Å². The molecule has 3 aromatic carbocycles. The van der Waals surface area contributed by atoms with Crippen molar-refractivity contribution in [2.24, 2.45) is 0 Å². The highest BCUT2D eigenvalue weighted by atomic mass is 16.4. The van der Waals surface area contributed by atoms with Gasteiger partial charge in [-0.15, -0.1) is 0 Å². The van der Waals surface area contributed by atoms with Crippen LogP contribution in [0.1, 0.15) is 35.1 Å². The summed E-state index contributed by atoms with van der Waals surface area (Å²) in [5, 5.41) is 30.0. The number of aromatic hydroxyl groups is 1. The first-order valence-electron chi connectivity index (χ1n) is 10.8. The highest BCUT2D eigenvalue weighted by molar-refractivity contribution is 6.07. The number of fused-ring (bicyclic) bond motifs is 2. The van der Waals surface area contributed by atoms with E-state index in [4.69, 9.17) is 14.3 Å². The Labute approximate surface area is 200 Å². The maximum Gasteiger partial charge on any atom is 0.344 e. The highest BCUT2D eigenvalue weighted by Gasteiger charge is 2.36. The second-order valence-electron chi connectivity index (χ2n) is 8.03. The van der Waals surface area contributed by atoms with Crippen molar-refractivity contribution in [1.82, 2.24) is 0 Å². The SMILES string of the molecule is CC(=O)O.O=C1Cc2ccccc2C(O)=C1C(c1ccccc1)c1c(O)c2ccccc2oc1=O. The molecular weight excluding hydrogens is 448 g/mol. The molecule has 1 aliphatic rings. The molecule has 0 saturated carbocycles. The molecule has 3 N–H and O–H groups in total. The quantitative estimate of drug-likeness (QED) is 0.367. The molecule has 5 rings (SSSR count). The van der Waals surface area contributed by atoms with E-state index in [2.05, 4.69) is 0 Å². The van der Waals surface area contributed by atoms with Crippen molar-refractivity contribution in [3.8, 4) is 5.75 Å². The number of Topliss-reactive ketones (excluding diaryl/α,β-unsaturated/α-hetero) is 1. The molecule has 0 bridgehead atoms. The summed E-state index contributed by atoms with van der Waals surface area (Å²) in [6, 6.07) is 22.7. The van der Waals surface area contributed by atoms with Gasteiger partial charge < -0.3 is 19.7 Å². The molecule has 1 atom stereocenters. The molecule has 7 nitrogen and oxygen atoms in total. The number of ketones is 1.